The lowest BCUT2D eigenvalue weighted by Gasteiger charge is -2.35. The first-order valence-corrected chi connectivity index (χ1v) is 15.2. The van der Waals surface area contributed by atoms with Crippen LogP contribution in [0, 0.1) is 16.7 Å². The van der Waals surface area contributed by atoms with E-state index in [4.69, 9.17) is 4.42 Å². The van der Waals surface area contributed by atoms with Crippen molar-refractivity contribution in [1.29, 1.82) is 0 Å². The molecule has 0 spiro atoms. The van der Waals surface area contributed by atoms with E-state index in [2.05, 4.69) is 9.71 Å². The molecular formula is C31H43N3O5S. The second-order valence-corrected chi connectivity index (χ2v) is 14.8. The van der Waals surface area contributed by atoms with Crippen LogP contribution in [0.4, 0.5) is 0 Å². The molecule has 0 saturated carbocycles. The van der Waals surface area contributed by atoms with Crippen LogP contribution in [0.2, 0.25) is 0 Å². The average Bonchev–Trinajstić information content (AvgIpc) is 3.30. The molecule has 3 rings (SSSR count). The number of sulfonamides is 1. The van der Waals surface area contributed by atoms with Crippen molar-refractivity contribution >= 4 is 32.7 Å². The van der Waals surface area contributed by atoms with Gasteiger partial charge >= 0.3 is 0 Å². The first-order valence-electron chi connectivity index (χ1n) is 13.7. The van der Waals surface area contributed by atoms with Gasteiger partial charge in [0.2, 0.25) is 15.9 Å². The van der Waals surface area contributed by atoms with Gasteiger partial charge in [0.1, 0.15) is 5.58 Å². The molecule has 2 aromatic heterocycles. The number of fused-ring (bicyclic) bond motifs is 1. The van der Waals surface area contributed by atoms with E-state index in [1.165, 1.54) is 12.3 Å². The second-order valence-electron chi connectivity index (χ2n) is 13.1. The molecule has 0 bridgehead atoms. The topological polar surface area (TPSA) is 110 Å². The van der Waals surface area contributed by atoms with Crippen LogP contribution < -0.4 is 4.72 Å². The molecule has 0 aliphatic rings. The minimum Gasteiger partial charge on any atom is -0.464 e. The number of furan rings is 1. The Labute approximate surface area is 238 Å². The zero-order valence-corrected chi connectivity index (χ0v) is 25.5. The highest BCUT2D eigenvalue weighted by molar-refractivity contribution is 7.89. The van der Waals surface area contributed by atoms with Crippen molar-refractivity contribution in [2.24, 2.45) is 16.7 Å². The molecule has 1 N–H and O–H groups in total. The highest BCUT2D eigenvalue weighted by Crippen LogP contribution is 2.28. The molecule has 2 heterocycles. The fourth-order valence-corrected chi connectivity index (χ4v) is 6.03. The Morgan fingerprint density at radius 3 is 2.30 bits per heavy atom. The fraction of sp³-hybridized carbons (Fsp3) is 0.516. The molecule has 0 fully saturated rings. The third kappa shape index (κ3) is 9.27. The Hall–Kier alpha value is -3.04. The van der Waals surface area contributed by atoms with Gasteiger partial charge in [0.25, 0.3) is 0 Å². The second kappa shape index (κ2) is 12.6. The number of hydrogen-bond acceptors (Lipinski definition) is 6. The summed E-state index contributed by atoms with van der Waals surface area (Å²) < 4.78 is 34.6. The number of aromatic nitrogens is 1. The molecule has 3 aromatic rings. The molecule has 218 valence electrons. The van der Waals surface area contributed by atoms with E-state index in [0.717, 1.165) is 5.56 Å². The van der Waals surface area contributed by atoms with Crippen molar-refractivity contribution in [2.45, 2.75) is 85.2 Å². The number of carbonyl (C=O) groups is 2. The maximum atomic E-state index is 13.7. The molecule has 1 amide bonds. The predicted molar refractivity (Wildman–Crippen MR) is 157 cm³/mol. The van der Waals surface area contributed by atoms with E-state index in [1.807, 2.05) is 60.6 Å². The summed E-state index contributed by atoms with van der Waals surface area (Å²) in [5.74, 6) is -0.0922. The molecule has 1 atom stereocenters. The van der Waals surface area contributed by atoms with Crippen molar-refractivity contribution in [3.8, 4) is 0 Å². The van der Waals surface area contributed by atoms with Crippen LogP contribution in [0.15, 0.2) is 64.4 Å². The zero-order valence-electron chi connectivity index (χ0n) is 24.7. The first-order chi connectivity index (χ1) is 18.5. The lowest BCUT2D eigenvalue weighted by molar-refractivity contribution is -0.136. The van der Waals surface area contributed by atoms with Crippen molar-refractivity contribution in [3.63, 3.8) is 0 Å². The van der Waals surface area contributed by atoms with E-state index >= 15 is 0 Å². The molecule has 0 unspecified atom stereocenters. The first kappa shape index (κ1) is 31.5. The van der Waals surface area contributed by atoms with Gasteiger partial charge < -0.3 is 9.32 Å². The molecule has 0 saturated heterocycles. The summed E-state index contributed by atoms with van der Waals surface area (Å²) in [7, 11) is -3.96. The van der Waals surface area contributed by atoms with Gasteiger partial charge in [-0.3, -0.25) is 14.6 Å². The number of Topliss-reactive ketones (excluding diaryl/α,β-unsaturated/α-hetero) is 1. The summed E-state index contributed by atoms with van der Waals surface area (Å²) in [5, 5.41) is 0.671. The Bertz CT molecular complexity index is 1410. The number of pyridine rings is 1. The molecule has 0 radical (unpaired) electrons. The van der Waals surface area contributed by atoms with Crippen LogP contribution in [0.5, 0.6) is 0 Å². The van der Waals surface area contributed by atoms with Crippen molar-refractivity contribution in [2.75, 3.05) is 6.54 Å². The third-order valence-corrected chi connectivity index (χ3v) is 8.03. The Balaban J connectivity index is 1.79. The molecule has 1 aromatic carbocycles. The average molecular weight is 570 g/mol. The normalized spacial score (nSPS) is 13.5. The highest BCUT2D eigenvalue weighted by Gasteiger charge is 2.34. The molecule has 0 aliphatic carbocycles. The van der Waals surface area contributed by atoms with Gasteiger partial charge in [0, 0.05) is 43.7 Å². The highest BCUT2D eigenvalue weighted by atomic mass is 32.2. The minimum absolute atomic E-state index is 0.0129. The summed E-state index contributed by atoms with van der Waals surface area (Å²) in [4.78, 5) is 33.0. The van der Waals surface area contributed by atoms with Crippen molar-refractivity contribution in [3.05, 3.63) is 60.6 Å². The summed E-state index contributed by atoms with van der Waals surface area (Å²) in [5.41, 5.74) is 0.772. The van der Waals surface area contributed by atoms with Gasteiger partial charge in [-0.05, 0) is 65.1 Å². The number of benzene rings is 1. The Morgan fingerprint density at radius 2 is 1.68 bits per heavy atom. The van der Waals surface area contributed by atoms with Crippen LogP contribution in [0.3, 0.4) is 0 Å². The number of rotatable bonds is 13. The van der Waals surface area contributed by atoms with Gasteiger partial charge in [-0.2, -0.15) is 0 Å². The molecule has 8 nitrogen and oxygen atoms in total. The van der Waals surface area contributed by atoms with Gasteiger partial charge in [0.15, 0.2) is 5.78 Å². The smallest absolute Gasteiger partial charge is 0.241 e. The minimum atomic E-state index is -3.96. The summed E-state index contributed by atoms with van der Waals surface area (Å²) in [6.07, 6.45) is 5.76. The number of ketones is 1. The monoisotopic (exact) mass is 569 g/mol. The van der Waals surface area contributed by atoms with E-state index < -0.39 is 21.5 Å². The van der Waals surface area contributed by atoms with Crippen LogP contribution in [-0.2, 0) is 26.2 Å². The van der Waals surface area contributed by atoms with E-state index in [-0.39, 0.29) is 34.3 Å². The van der Waals surface area contributed by atoms with Crippen LogP contribution in [0.25, 0.3) is 11.0 Å². The maximum Gasteiger partial charge on any atom is 0.241 e. The molecular weight excluding hydrogens is 526 g/mol. The largest absolute Gasteiger partial charge is 0.464 e. The van der Waals surface area contributed by atoms with Crippen LogP contribution in [0.1, 0.15) is 73.3 Å². The summed E-state index contributed by atoms with van der Waals surface area (Å²) in [6, 6.07) is 9.20. The van der Waals surface area contributed by atoms with Crippen LogP contribution in [-0.4, -0.2) is 42.6 Å². The van der Waals surface area contributed by atoms with E-state index in [0.29, 0.717) is 36.9 Å². The standard InChI is InChI=1S/C31H43N3O5S/c1-22(2)16-26(33-40(37,38)25-8-9-28-24(17-25)12-15-39-28)27(35)18-31(6,7)21-34(29(36)19-30(3,4)5)20-23-10-13-32-14-11-23/h8-15,17,22,26,33H,16,18-21H2,1-7H3/t26-/m0/s1. The number of amides is 1. The third-order valence-electron chi connectivity index (χ3n) is 6.56. The maximum absolute atomic E-state index is 13.7. The van der Waals surface area contributed by atoms with Crippen LogP contribution >= 0.6 is 0 Å². The van der Waals surface area contributed by atoms with Gasteiger partial charge in [0.05, 0.1) is 17.2 Å². The summed E-state index contributed by atoms with van der Waals surface area (Å²) >= 11 is 0. The zero-order chi connectivity index (χ0) is 29.7. The number of carbonyl (C=O) groups excluding carboxylic acids is 2. The number of hydrogen-bond donors (Lipinski definition) is 1. The van der Waals surface area contributed by atoms with Gasteiger partial charge in [-0.1, -0.05) is 48.5 Å². The van der Waals surface area contributed by atoms with Crippen molar-refractivity contribution in [1.82, 2.24) is 14.6 Å². The lowest BCUT2D eigenvalue weighted by atomic mass is 9.83. The quantitative estimate of drug-likeness (QED) is 0.272. The van der Waals surface area contributed by atoms with E-state index in [1.54, 1.807) is 35.5 Å². The molecule has 40 heavy (non-hydrogen) atoms. The Morgan fingerprint density at radius 1 is 1.00 bits per heavy atom. The Kier molecular flexibility index (Phi) is 9.95. The summed E-state index contributed by atoms with van der Waals surface area (Å²) in [6.45, 7) is 14.6. The van der Waals surface area contributed by atoms with Crippen molar-refractivity contribution < 1.29 is 22.4 Å². The van der Waals surface area contributed by atoms with Gasteiger partial charge in [-0.25, -0.2) is 13.1 Å². The fourth-order valence-electron chi connectivity index (χ4n) is 4.76. The number of nitrogens with zero attached hydrogens (tertiary/aromatic N) is 2. The number of nitrogens with one attached hydrogen (secondary N) is 1. The SMILES string of the molecule is CC(C)C[C@H](NS(=O)(=O)c1ccc2occc2c1)C(=O)CC(C)(C)CN(Cc1ccncc1)C(=O)CC(C)(C)C. The van der Waals surface area contributed by atoms with Gasteiger partial charge in [-0.15, -0.1) is 0 Å². The lowest BCUT2D eigenvalue weighted by Crippen LogP contribution is -2.45. The molecule has 9 heteroatoms. The predicted octanol–water partition coefficient (Wildman–Crippen LogP) is 5.97. The molecule has 0 aliphatic heterocycles. The van der Waals surface area contributed by atoms with E-state index in [9.17, 15) is 18.0 Å².